The van der Waals surface area contributed by atoms with Gasteiger partial charge < -0.3 is 9.64 Å². The molecule has 0 bridgehead atoms. The maximum Gasteiger partial charge on any atom is 0.164 e. The monoisotopic (exact) mass is 360 g/mol. The summed E-state index contributed by atoms with van der Waals surface area (Å²) in [5.41, 5.74) is 0.928. The molecule has 120 valence electrons. The van der Waals surface area contributed by atoms with E-state index in [2.05, 4.69) is 4.99 Å². The van der Waals surface area contributed by atoms with Gasteiger partial charge in [-0.3, -0.25) is 4.99 Å². The number of methoxy groups -OCH3 is 1. The highest BCUT2D eigenvalue weighted by atomic mass is 35.5. The van der Waals surface area contributed by atoms with Crippen LogP contribution < -0.4 is 4.90 Å². The fourth-order valence-corrected chi connectivity index (χ4v) is 5.75. The molecule has 5 nitrogen and oxygen atoms in total. The topological polar surface area (TPSA) is 59.0 Å². The molecule has 22 heavy (non-hydrogen) atoms. The molecule has 1 aromatic carbocycles. The third kappa shape index (κ3) is 3.27. The number of thioether (sulfide) groups is 1. The number of amidine groups is 1. The van der Waals surface area contributed by atoms with Crippen LogP contribution in [0.1, 0.15) is 0 Å². The molecular formula is C14H17ClN2O3S2. The zero-order chi connectivity index (χ0) is 15.7. The molecule has 2 aliphatic rings. The van der Waals surface area contributed by atoms with Crippen molar-refractivity contribution in [1.29, 1.82) is 0 Å². The Morgan fingerprint density at radius 2 is 2.09 bits per heavy atom. The third-order valence-electron chi connectivity index (χ3n) is 3.73. The summed E-state index contributed by atoms with van der Waals surface area (Å²) in [6, 6.07) is 7.14. The zero-order valence-electron chi connectivity index (χ0n) is 12.1. The van der Waals surface area contributed by atoms with Crippen LogP contribution in [-0.2, 0) is 14.6 Å². The largest absolute Gasteiger partial charge is 0.384 e. The summed E-state index contributed by atoms with van der Waals surface area (Å²) in [6.07, 6.45) is 0. The van der Waals surface area contributed by atoms with Crippen LogP contribution in [0.3, 0.4) is 0 Å². The molecule has 3 rings (SSSR count). The highest BCUT2D eigenvalue weighted by Gasteiger charge is 2.47. The molecule has 0 saturated carbocycles. The lowest BCUT2D eigenvalue weighted by atomic mass is 10.1. The van der Waals surface area contributed by atoms with Gasteiger partial charge in [0.1, 0.15) is 0 Å². The molecule has 1 aromatic rings. The van der Waals surface area contributed by atoms with E-state index in [0.29, 0.717) is 11.6 Å². The van der Waals surface area contributed by atoms with Gasteiger partial charge in [0.2, 0.25) is 0 Å². The molecule has 1 saturated heterocycles. The van der Waals surface area contributed by atoms with Gasteiger partial charge in [0, 0.05) is 23.6 Å². The Labute approximate surface area is 139 Å². The third-order valence-corrected chi connectivity index (χ3v) is 6.61. The molecule has 8 heteroatoms. The van der Waals surface area contributed by atoms with Crippen molar-refractivity contribution in [2.75, 3.05) is 35.9 Å². The summed E-state index contributed by atoms with van der Waals surface area (Å²) in [6.45, 7) is 0.631. The van der Waals surface area contributed by atoms with Crippen LogP contribution in [0.25, 0.3) is 0 Å². The van der Waals surface area contributed by atoms with Gasteiger partial charge in [0.15, 0.2) is 15.0 Å². The lowest BCUT2D eigenvalue weighted by Crippen LogP contribution is -2.39. The summed E-state index contributed by atoms with van der Waals surface area (Å²) < 4.78 is 28.9. The minimum atomic E-state index is -3.01. The first-order valence-corrected chi connectivity index (χ1v) is 10.1. The second kappa shape index (κ2) is 6.39. The van der Waals surface area contributed by atoms with E-state index in [1.165, 1.54) is 0 Å². The van der Waals surface area contributed by atoms with Crippen LogP contribution in [0.2, 0.25) is 5.02 Å². The van der Waals surface area contributed by atoms with Gasteiger partial charge in [-0.15, -0.1) is 0 Å². The molecule has 1 fully saturated rings. The molecule has 0 amide bonds. The van der Waals surface area contributed by atoms with Crippen molar-refractivity contribution in [2.45, 2.75) is 12.1 Å². The summed E-state index contributed by atoms with van der Waals surface area (Å²) in [5.74, 6) is 1.07. The van der Waals surface area contributed by atoms with E-state index in [9.17, 15) is 8.42 Å². The Morgan fingerprint density at radius 3 is 2.77 bits per heavy atom. The summed E-state index contributed by atoms with van der Waals surface area (Å²) in [7, 11) is -1.35. The Morgan fingerprint density at radius 1 is 1.36 bits per heavy atom. The lowest BCUT2D eigenvalue weighted by molar-refractivity contribution is 0.219. The fraction of sp³-hybridized carbons (Fsp3) is 0.500. The number of halogens is 1. The Kier molecular flexibility index (Phi) is 4.68. The van der Waals surface area contributed by atoms with Crippen molar-refractivity contribution in [1.82, 2.24) is 0 Å². The van der Waals surface area contributed by atoms with Crippen LogP contribution in [0.4, 0.5) is 5.69 Å². The maximum absolute atomic E-state index is 11.9. The van der Waals surface area contributed by atoms with Gasteiger partial charge in [-0.25, -0.2) is 8.42 Å². The lowest BCUT2D eigenvalue weighted by Gasteiger charge is -2.26. The number of nitrogens with zero attached hydrogens (tertiary/aromatic N) is 2. The van der Waals surface area contributed by atoms with E-state index in [1.807, 2.05) is 29.2 Å². The summed E-state index contributed by atoms with van der Waals surface area (Å²) >= 11 is 7.54. The van der Waals surface area contributed by atoms with E-state index in [0.717, 1.165) is 16.6 Å². The number of fused-ring (bicyclic) bond motifs is 1. The van der Waals surface area contributed by atoms with Gasteiger partial charge in [-0.05, 0) is 24.3 Å². The van der Waals surface area contributed by atoms with E-state index >= 15 is 0 Å². The Hall–Kier alpha value is -0.760. The van der Waals surface area contributed by atoms with Gasteiger partial charge in [0.25, 0.3) is 0 Å². The molecule has 2 heterocycles. The molecule has 0 aliphatic carbocycles. The molecule has 0 unspecified atom stereocenters. The van der Waals surface area contributed by atoms with Crippen molar-refractivity contribution < 1.29 is 13.2 Å². The van der Waals surface area contributed by atoms with Crippen molar-refractivity contribution in [3.8, 4) is 0 Å². The second-order valence-corrected chi connectivity index (χ2v) is 8.96. The average molecular weight is 361 g/mol. The summed E-state index contributed by atoms with van der Waals surface area (Å²) in [5, 5.41) is 1.52. The van der Waals surface area contributed by atoms with Gasteiger partial charge in [-0.1, -0.05) is 23.4 Å². The van der Waals surface area contributed by atoms with Gasteiger partial charge in [-0.2, -0.15) is 0 Å². The highest BCUT2D eigenvalue weighted by molar-refractivity contribution is 8.14. The second-order valence-electron chi connectivity index (χ2n) is 5.31. The number of hydrogen-bond acceptors (Lipinski definition) is 6. The van der Waals surface area contributed by atoms with Crippen molar-refractivity contribution in [2.24, 2.45) is 4.99 Å². The van der Waals surface area contributed by atoms with E-state index in [4.69, 9.17) is 16.3 Å². The molecule has 0 radical (unpaired) electrons. The van der Waals surface area contributed by atoms with Gasteiger partial charge in [0.05, 0.1) is 30.2 Å². The minimum Gasteiger partial charge on any atom is -0.384 e. The van der Waals surface area contributed by atoms with Crippen LogP contribution in [0.15, 0.2) is 29.3 Å². The van der Waals surface area contributed by atoms with E-state index in [1.54, 1.807) is 18.9 Å². The van der Waals surface area contributed by atoms with Crippen molar-refractivity contribution in [3.63, 3.8) is 0 Å². The first-order chi connectivity index (χ1) is 10.5. The number of sulfone groups is 1. The average Bonchev–Trinajstić information content (AvgIpc) is 2.92. The predicted molar refractivity (Wildman–Crippen MR) is 91.9 cm³/mol. The van der Waals surface area contributed by atoms with Crippen molar-refractivity contribution in [3.05, 3.63) is 29.3 Å². The highest BCUT2D eigenvalue weighted by Crippen LogP contribution is 2.35. The van der Waals surface area contributed by atoms with E-state index < -0.39 is 9.84 Å². The minimum absolute atomic E-state index is 0.115. The standard InChI is InChI=1S/C14H17ClN2O3S2/c1-20-6-7-21-14-16-12-8-22(18,19)9-13(12)17(14)11-4-2-10(15)3-5-11/h2-5,12-13H,6-9H2,1H3/t12-,13+/m0/s1. The van der Waals surface area contributed by atoms with Crippen LogP contribution >= 0.6 is 23.4 Å². The Bertz CT molecular complexity index is 676. The molecular weight excluding hydrogens is 344 g/mol. The number of aliphatic imine (C=N–C) groups is 1. The van der Waals surface area contributed by atoms with Crippen LogP contribution in [-0.4, -0.2) is 56.6 Å². The first-order valence-electron chi connectivity index (χ1n) is 6.95. The predicted octanol–water partition coefficient (Wildman–Crippen LogP) is 2.06. The first kappa shape index (κ1) is 16.1. The van der Waals surface area contributed by atoms with Gasteiger partial charge >= 0.3 is 0 Å². The normalized spacial score (nSPS) is 26.1. The fourth-order valence-electron chi connectivity index (χ4n) is 2.75. The molecule has 0 spiro atoms. The van der Waals surface area contributed by atoms with Crippen LogP contribution in [0.5, 0.6) is 0 Å². The number of rotatable bonds is 4. The molecule has 2 aliphatic heterocycles. The number of benzene rings is 1. The van der Waals surface area contributed by atoms with Crippen LogP contribution in [0, 0.1) is 0 Å². The number of ether oxygens (including phenoxy) is 1. The Balaban J connectivity index is 1.88. The zero-order valence-corrected chi connectivity index (χ0v) is 14.5. The number of hydrogen-bond donors (Lipinski definition) is 0. The quantitative estimate of drug-likeness (QED) is 0.769. The molecule has 0 N–H and O–H groups in total. The summed E-state index contributed by atoms with van der Waals surface area (Å²) in [4.78, 5) is 6.67. The SMILES string of the molecule is COCCSC1=N[C@H]2CS(=O)(=O)C[C@H]2N1c1ccc(Cl)cc1. The number of anilines is 1. The maximum atomic E-state index is 11.9. The molecule has 2 atom stereocenters. The smallest absolute Gasteiger partial charge is 0.164 e. The van der Waals surface area contributed by atoms with E-state index in [-0.39, 0.29) is 23.6 Å². The molecule has 0 aromatic heterocycles. The van der Waals surface area contributed by atoms with Crippen molar-refractivity contribution >= 4 is 44.1 Å².